The van der Waals surface area contributed by atoms with E-state index < -0.39 is 11.6 Å². The number of amides is 2. The Hall–Kier alpha value is -1.30. The predicted molar refractivity (Wildman–Crippen MR) is 86.4 cm³/mol. The fourth-order valence-electron chi connectivity index (χ4n) is 2.57. The molecule has 2 amide bonds. The summed E-state index contributed by atoms with van der Waals surface area (Å²) in [6.07, 6.45) is 0.610. The lowest BCUT2D eigenvalue weighted by Gasteiger charge is -2.31. The largest absolute Gasteiger partial charge is 0.444 e. The lowest BCUT2D eigenvalue weighted by Crippen LogP contribution is -2.48. The van der Waals surface area contributed by atoms with E-state index >= 15 is 0 Å². The average Bonchev–Trinajstić information content (AvgIpc) is 2.81. The van der Waals surface area contributed by atoms with Gasteiger partial charge in [0.2, 0.25) is 5.91 Å². The average molecular weight is 313 g/mol. The molecule has 6 nitrogen and oxygen atoms in total. The van der Waals surface area contributed by atoms with E-state index in [1.807, 2.05) is 39.5 Å². The van der Waals surface area contributed by atoms with Crippen molar-refractivity contribution in [2.45, 2.75) is 65.6 Å². The zero-order chi connectivity index (χ0) is 17.1. The summed E-state index contributed by atoms with van der Waals surface area (Å²) >= 11 is 0. The normalized spacial score (nSPS) is 20.2. The molecule has 0 spiro atoms. The van der Waals surface area contributed by atoms with E-state index in [9.17, 15) is 9.59 Å². The number of hydrogen-bond acceptors (Lipinski definition) is 4. The van der Waals surface area contributed by atoms with Crippen LogP contribution in [0, 0.1) is 5.92 Å². The van der Waals surface area contributed by atoms with E-state index in [4.69, 9.17) is 10.5 Å². The Balaban J connectivity index is 2.58. The number of likely N-dealkylation sites (tertiary alicyclic amines) is 1. The SMILES string of the molecule is CC(C)N(C[C@H]1CCN(C(=O)OC(C)(C)C)C1)C(=O)[C@H](C)N. The van der Waals surface area contributed by atoms with E-state index in [0.29, 0.717) is 19.6 Å². The molecule has 1 heterocycles. The Morgan fingerprint density at radius 1 is 1.32 bits per heavy atom. The number of rotatable bonds is 4. The van der Waals surface area contributed by atoms with Crippen molar-refractivity contribution in [1.82, 2.24) is 9.80 Å². The molecule has 128 valence electrons. The highest BCUT2D eigenvalue weighted by atomic mass is 16.6. The minimum Gasteiger partial charge on any atom is -0.444 e. The van der Waals surface area contributed by atoms with E-state index in [2.05, 4.69) is 0 Å². The van der Waals surface area contributed by atoms with Gasteiger partial charge in [0.05, 0.1) is 6.04 Å². The van der Waals surface area contributed by atoms with Crippen molar-refractivity contribution >= 4 is 12.0 Å². The molecule has 0 radical (unpaired) electrons. The first-order valence-electron chi connectivity index (χ1n) is 8.05. The zero-order valence-corrected chi connectivity index (χ0v) is 14.8. The molecule has 6 heteroatoms. The van der Waals surface area contributed by atoms with Crippen molar-refractivity contribution in [1.29, 1.82) is 0 Å². The lowest BCUT2D eigenvalue weighted by atomic mass is 10.1. The van der Waals surface area contributed by atoms with E-state index in [1.165, 1.54) is 0 Å². The Morgan fingerprint density at radius 2 is 1.91 bits per heavy atom. The molecule has 0 aromatic heterocycles. The molecule has 0 unspecified atom stereocenters. The van der Waals surface area contributed by atoms with Gasteiger partial charge >= 0.3 is 6.09 Å². The molecule has 1 fully saturated rings. The molecule has 1 aliphatic heterocycles. The summed E-state index contributed by atoms with van der Waals surface area (Å²) in [7, 11) is 0. The van der Waals surface area contributed by atoms with E-state index in [-0.39, 0.29) is 24.0 Å². The van der Waals surface area contributed by atoms with Crippen LogP contribution in [0.1, 0.15) is 48.0 Å². The smallest absolute Gasteiger partial charge is 0.410 e. The van der Waals surface area contributed by atoms with Crippen LogP contribution in [0.2, 0.25) is 0 Å². The summed E-state index contributed by atoms with van der Waals surface area (Å²) < 4.78 is 5.39. The van der Waals surface area contributed by atoms with Crippen LogP contribution in [-0.2, 0) is 9.53 Å². The van der Waals surface area contributed by atoms with Gasteiger partial charge in [0.1, 0.15) is 5.60 Å². The van der Waals surface area contributed by atoms with Gasteiger partial charge in [-0.05, 0) is 53.9 Å². The summed E-state index contributed by atoms with van der Waals surface area (Å²) in [5.74, 6) is 0.239. The molecule has 0 bridgehead atoms. The molecule has 0 aromatic carbocycles. The number of nitrogens with zero attached hydrogens (tertiary/aromatic N) is 2. The van der Waals surface area contributed by atoms with Crippen LogP contribution < -0.4 is 5.73 Å². The fourth-order valence-corrected chi connectivity index (χ4v) is 2.57. The van der Waals surface area contributed by atoms with Gasteiger partial charge in [0.25, 0.3) is 0 Å². The van der Waals surface area contributed by atoms with Crippen LogP contribution in [-0.4, -0.2) is 59.1 Å². The molecule has 2 atom stereocenters. The van der Waals surface area contributed by atoms with Gasteiger partial charge in [-0.15, -0.1) is 0 Å². The molecule has 1 saturated heterocycles. The van der Waals surface area contributed by atoms with Crippen LogP contribution in [0.4, 0.5) is 4.79 Å². The van der Waals surface area contributed by atoms with Gasteiger partial charge in [-0.1, -0.05) is 0 Å². The predicted octanol–water partition coefficient (Wildman–Crippen LogP) is 1.83. The Bertz CT molecular complexity index is 402. The second-order valence-corrected chi connectivity index (χ2v) is 7.45. The Morgan fingerprint density at radius 3 is 2.36 bits per heavy atom. The molecule has 2 N–H and O–H groups in total. The standard InChI is InChI=1S/C16H31N3O3/c1-11(2)19(14(20)12(3)17)10-13-7-8-18(9-13)15(21)22-16(4,5)6/h11-13H,7-10,17H2,1-6H3/t12-,13-/m0/s1. The first-order valence-corrected chi connectivity index (χ1v) is 8.05. The van der Waals surface area contributed by atoms with Crippen LogP contribution in [0.5, 0.6) is 0 Å². The highest BCUT2D eigenvalue weighted by Gasteiger charge is 2.32. The lowest BCUT2D eigenvalue weighted by molar-refractivity contribution is -0.134. The third kappa shape index (κ3) is 5.48. The van der Waals surface area contributed by atoms with Gasteiger partial charge in [0.15, 0.2) is 0 Å². The third-order valence-corrected chi connectivity index (χ3v) is 3.69. The van der Waals surface area contributed by atoms with Crippen molar-refractivity contribution in [3.63, 3.8) is 0 Å². The molecule has 0 saturated carbocycles. The second-order valence-electron chi connectivity index (χ2n) is 7.45. The number of hydrogen-bond donors (Lipinski definition) is 1. The van der Waals surface area contributed by atoms with E-state index in [1.54, 1.807) is 11.8 Å². The Kier molecular flexibility index (Phi) is 6.23. The highest BCUT2D eigenvalue weighted by molar-refractivity contribution is 5.81. The summed E-state index contributed by atoms with van der Waals surface area (Å²) in [6.45, 7) is 13.2. The van der Waals surface area contributed by atoms with Crippen molar-refractivity contribution in [2.75, 3.05) is 19.6 Å². The Labute approximate surface area is 134 Å². The summed E-state index contributed by atoms with van der Waals surface area (Å²) in [5, 5.41) is 0. The summed E-state index contributed by atoms with van der Waals surface area (Å²) in [4.78, 5) is 27.8. The molecular formula is C16H31N3O3. The zero-order valence-electron chi connectivity index (χ0n) is 14.8. The van der Waals surface area contributed by atoms with Gasteiger partial charge in [-0.2, -0.15) is 0 Å². The van der Waals surface area contributed by atoms with Crippen LogP contribution in [0.25, 0.3) is 0 Å². The van der Waals surface area contributed by atoms with Crippen molar-refractivity contribution < 1.29 is 14.3 Å². The van der Waals surface area contributed by atoms with Crippen molar-refractivity contribution in [2.24, 2.45) is 11.7 Å². The van der Waals surface area contributed by atoms with Crippen molar-refractivity contribution in [3.8, 4) is 0 Å². The van der Waals surface area contributed by atoms with Crippen LogP contribution in [0.15, 0.2) is 0 Å². The molecule has 22 heavy (non-hydrogen) atoms. The maximum atomic E-state index is 12.2. The number of carbonyl (C=O) groups excluding carboxylic acids is 2. The van der Waals surface area contributed by atoms with Crippen LogP contribution >= 0.6 is 0 Å². The third-order valence-electron chi connectivity index (χ3n) is 3.69. The van der Waals surface area contributed by atoms with Gasteiger partial charge < -0.3 is 20.3 Å². The quantitative estimate of drug-likeness (QED) is 0.859. The monoisotopic (exact) mass is 313 g/mol. The van der Waals surface area contributed by atoms with Gasteiger partial charge in [-0.25, -0.2) is 4.79 Å². The van der Waals surface area contributed by atoms with E-state index in [0.717, 1.165) is 6.42 Å². The first kappa shape index (κ1) is 18.7. The number of carbonyl (C=O) groups is 2. The molecule has 0 aromatic rings. The van der Waals surface area contributed by atoms with Crippen molar-refractivity contribution in [3.05, 3.63) is 0 Å². The molecular weight excluding hydrogens is 282 g/mol. The molecule has 1 aliphatic rings. The maximum absolute atomic E-state index is 12.2. The highest BCUT2D eigenvalue weighted by Crippen LogP contribution is 2.21. The van der Waals surface area contributed by atoms with Gasteiger partial charge in [-0.3, -0.25) is 4.79 Å². The van der Waals surface area contributed by atoms with Crippen LogP contribution in [0.3, 0.4) is 0 Å². The minimum absolute atomic E-state index is 0.0364. The number of nitrogens with two attached hydrogens (primary N) is 1. The van der Waals surface area contributed by atoms with Gasteiger partial charge in [0, 0.05) is 25.7 Å². The maximum Gasteiger partial charge on any atom is 0.410 e. The number of ether oxygens (including phenoxy) is 1. The first-order chi connectivity index (χ1) is 10.0. The summed E-state index contributed by atoms with van der Waals surface area (Å²) in [6, 6.07) is -0.389. The summed E-state index contributed by atoms with van der Waals surface area (Å²) in [5.41, 5.74) is 5.24. The minimum atomic E-state index is -0.495. The molecule has 1 rings (SSSR count). The second kappa shape index (κ2) is 7.31. The topological polar surface area (TPSA) is 75.9 Å². The fraction of sp³-hybridized carbons (Fsp3) is 0.875. The molecule has 0 aliphatic carbocycles.